The molecule has 1 atom stereocenters. The van der Waals surface area contributed by atoms with Crippen LogP contribution in [0.3, 0.4) is 0 Å². The standard InChI is InChI=1S/C16H22N4O3/c1-12-4-3-5-14-18-13(10-20(12)14)6-7-17-16(21)19-8-9-23-15(11-19)22-2/h3-5,10,15H,6-9,11H2,1-2H3,(H,17,21). The number of hydrogen-bond acceptors (Lipinski definition) is 4. The first-order chi connectivity index (χ1) is 11.2. The van der Waals surface area contributed by atoms with Crippen molar-refractivity contribution in [1.29, 1.82) is 0 Å². The lowest BCUT2D eigenvalue weighted by Gasteiger charge is -2.31. The third-order valence-corrected chi connectivity index (χ3v) is 3.99. The van der Waals surface area contributed by atoms with Gasteiger partial charge in [0, 0.05) is 38.5 Å². The number of nitrogens with zero attached hydrogens (tertiary/aromatic N) is 3. The van der Waals surface area contributed by atoms with E-state index in [0.717, 1.165) is 17.0 Å². The Hall–Kier alpha value is -2.12. The maximum Gasteiger partial charge on any atom is 0.317 e. The fourth-order valence-electron chi connectivity index (χ4n) is 2.67. The molecule has 0 bridgehead atoms. The van der Waals surface area contributed by atoms with Crippen molar-refractivity contribution >= 4 is 11.7 Å². The number of fused-ring (bicyclic) bond motifs is 1. The van der Waals surface area contributed by atoms with Gasteiger partial charge in [0.1, 0.15) is 5.65 Å². The summed E-state index contributed by atoms with van der Waals surface area (Å²) in [7, 11) is 1.58. The maximum absolute atomic E-state index is 12.2. The van der Waals surface area contributed by atoms with Crippen LogP contribution in [0.4, 0.5) is 4.79 Å². The molecule has 1 aliphatic heterocycles. The molecule has 2 aromatic heterocycles. The van der Waals surface area contributed by atoms with Crippen molar-refractivity contribution in [2.24, 2.45) is 0 Å². The molecule has 23 heavy (non-hydrogen) atoms. The molecule has 1 aliphatic rings. The Bertz CT molecular complexity index is 685. The molecular weight excluding hydrogens is 296 g/mol. The first-order valence-corrected chi connectivity index (χ1v) is 7.78. The zero-order chi connectivity index (χ0) is 16.2. The third-order valence-electron chi connectivity index (χ3n) is 3.99. The van der Waals surface area contributed by atoms with E-state index in [1.807, 2.05) is 31.3 Å². The Morgan fingerprint density at radius 3 is 3.17 bits per heavy atom. The van der Waals surface area contributed by atoms with Gasteiger partial charge in [0.2, 0.25) is 0 Å². The Balaban J connectivity index is 1.52. The number of carbonyl (C=O) groups is 1. The van der Waals surface area contributed by atoms with Crippen molar-refractivity contribution < 1.29 is 14.3 Å². The molecule has 7 nitrogen and oxygen atoms in total. The van der Waals surface area contributed by atoms with Crippen LogP contribution in [0.1, 0.15) is 11.4 Å². The summed E-state index contributed by atoms with van der Waals surface area (Å²) in [6.45, 7) is 4.13. The van der Waals surface area contributed by atoms with Gasteiger partial charge in [-0.25, -0.2) is 9.78 Å². The summed E-state index contributed by atoms with van der Waals surface area (Å²) < 4.78 is 12.6. The summed E-state index contributed by atoms with van der Waals surface area (Å²) in [6, 6.07) is 5.93. The van der Waals surface area contributed by atoms with Gasteiger partial charge in [-0.1, -0.05) is 6.07 Å². The Labute approximate surface area is 135 Å². The van der Waals surface area contributed by atoms with Gasteiger partial charge in [0.05, 0.1) is 18.8 Å². The van der Waals surface area contributed by atoms with Crippen molar-refractivity contribution in [3.05, 3.63) is 35.8 Å². The molecular formula is C16H22N4O3. The molecule has 0 spiro atoms. The van der Waals surface area contributed by atoms with Gasteiger partial charge >= 0.3 is 6.03 Å². The predicted octanol–water partition coefficient (Wildman–Crippen LogP) is 1.20. The number of imidazole rings is 1. The van der Waals surface area contributed by atoms with Crippen LogP contribution in [-0.4, -0.2) is 60.0 Å². The van der Waals surface area contributed by atoms with Crippen LogP contribution < -0.4 is 5.32 Å². The van der Waals surface area contributed by atoms with E-state index in [1.165, 1.54) is 0 Å². The van der Waals surface area contributed by atoms with Gasteiger partial charge < -0.3 is 24.1 Å². The number of pyridine rings is 1. The average Bonchev–Trinajstić information content (AvgIpc) is 2.99. The quantitative estimate of drug-likeness (QED) is 0.920. The Morgan fingerprint density at radius 2 is 2.39 bits per heavy atom. The zero-order valence-corrected chi connectivity index (χ0v) is 13.5. The fraction of sp³-hybridized carbons (Fsp3) is 0.500. The van der Waals surface area contributed by atoms with Crippen molar-refractivity contribution in [2.45, 2.75) is 19.6 Å². The molecule has 2 aromatic rings. The number of hydrogen-bond donors (Lipinski definition) is 1. The average molecular weight is 318 g/mol. The van der Waals surface area contributed by atoms with E-state index in [2.05, 4.69) is 14.7 Å². The van der Waals surface area contributed by atoms with Crippen LogP contribution in [0.2, 0.25) is 0 Å². The highest BCUT2D eigenvalue weighted by Gasteiger charge is 2.23. The number of amides is 2. The SMILES string of the molecule is COC1CN(C(=O)NCCc2cn3c(C)cccc3n2)CCO1. The van der Waals surface area contributed by atoms with Gasteiger partial charge in [-0.2, -0.15) is 0 Å². The smallest absolute Gasteiger partial charge is 0.317 e. The second kappa shape index (κ2) is 6.97. The number of rotatable bonds is 4. The van der Waals surface area contributed by atoms with Crippen molar-refractivity contribution in [3.63, 3.8) is 0 Å². The minimum absolute atomic E-state index is 0.0877. The molecule has 124 valence electrons. The molecule has 7 heteroatoms. The van der Waals surface area contributed by atoms with Gasteiger partial charge in [-0.15, -0.1) is 0 Å². The fourth-order valence-corrected chi connectivity index (χ4v) is 2.67. The number of aromatic nitrogens is 2. The first kappa shape index (κ1) is 15.8. The second-order valence-electron chi connectivity index (χ2n) is 5.59. The van der Waals surface area contributed by atoms with Crippen molar-refractivity contribution in [1.82, 2.24) is 19.6 Å². The number of carbonyl (C=O) groups excluding carboxylic acids is 1. The molecule has 0 aliphatic carbocycles. The molecule has 3 rings (SSSR count). The van der Waals surface area contributed by atoms with Gasteiger partial charge in [-0.3, -0.25) is 0 Å². The molecule has 3 heterocycles. The topological polar surface area (TPSA) is 68.1 Å². The molecule has 0 saturated carbocycles. The number of methoxy groups -OCH3 is 1. The van der Waals surface area contributed by atoms with E-state index < -0.39 is 0 Å². The van der Waals surface area contributed by atoms with E-state index in [9.17, 15) is 4.79 Å². The normalized spacial score (nSPS) is 18.3. The molecule has 0 aromatic carbocycles. The number of ether oxygens (including phenoxy) is 2. The highest BCUT2D eigenvalue weighted by Crippen LogP contribution is 2.09. The van der Waals surface area contributed by atoms with E-state index in [1.54, 1.807) is 12.0 Å². The lowest BCUT2D eigenvalue weighted by Crippen LogP contribution is -2.50. The largest absolute Gasteiger partial charge is 0.354 e. The van der Waals surface area contributed by atoms with Crippen molar-refractivity contribution in [3.8, 4) is 0 Å². The Morgan fingerprint density at radius 1 is 1.52 bits per heavy atom. The van der Waals surface area contributed by atoms with Gasteiger partial charge in [-0.05, 0) is 19.1 Å². The minimum Gasteiger partial charge on any atom is -0.354 e. The van der Waals surface area contributed by atoms with E-state index >= 15 is 0 Å². The minimum atomic E-state index is -0.337. The number of aryl methyl sites for hydroxylation is 1. The van der Waals surface area contributed by atoms with Crippen LogP contribution in [0.5, 0.6) is 0 Å². The second-order valence-corrected chi connectivity index (χ2v) is 5.59. The number of urea groups is 1. The zero-order valence-electron chi connectivity index (χ0n) is 13.5. The summed E-state index contributed by atoms with van der Waals surface area (Å²) in [4.78, 5) is 18.4. The van der Waals surface area contributed by atoms with Crippen LogP contribution in [0.25, 0.3) is 5.65 Å². The molecule has 1 unspecified atom stereocenters. The molecule has 1 fully saturated rings. The lowest BCUT2D eigenvalue weighted by atomic mass is 10.3. The maximum atomic E-state index is 12.2. The summed E-state index contributed by atoms with van der Waals surface area (Å²) in [5.41, 5.74) is 3.04. The van der Waals surface area contributed by atoms with Crippen LogP contribution in [-0.2, 0) is 15.9 Å². The van der Waals surface area contributed by atoms with Gasteiger partial charge in [0.15, 0.2) is 6.29 Å². The lowest BCUT2D eigenvalue weighted by molar-refractivity contribution is -0.156. The summed E-state index contributed by atoms with van der Waals surface area (Å²) in [6.07, 6.45) is 2.38. The molecule has 2 amide bonds. The first-order valence-electron chi connectivity index (χ1n) is 7.78. The van der Waals surface area contributed by atoms with E-state index in [0.29, 0.717) is 32.7 Å². The summed E-state index contributed by atoms with van der Waals surface area (Å²) >= 11 is 0. The molecule has 1 N–H and O–H groups in total. The molecule has 0 radical (unpaired) electrons. The third kappa shape index (κ3) is 3.62. The van der Waals surface area contributed by atoms with E-state index in [4.69, 9.17) is 9.47 Å². The number of nitrogens with one attached hydrogen (secondary N) is 1. The number of morpholine rings is 1. The highest BCUT2D eigenvalue weighted by molar-refractivity contribution is 5.74. The van der Waals surface area contributed by atoms with Crippen LogP contribution in [0, 0.1) is 6.92 Å². The van der Waals surface area contributed by atoms with Crippen LogP contribution in [0.15, 0.2) is 24.4 Å². The van der Waals surface area contributed by atoms with Crippen molar-refractivity contribution in [2.75, 3.05) is 33.4 Å². The summed E-state index contributed by atoms with van der Waals surface area (Å²) in [5.74, 6) is 0. The van der Waals surface area contributed by atoms with Gasteiger partial charge in [0.25, 0.3) is 0 Å². The highest BCUT2D eigenvalue weighted by atomic mass is 16.7. The molecule has 1 saturated heterocycles. The monoisotopic (exact) mass is 318 g/mol. The van der Waals surface area contributed by atoms with E-state index in [-0.39, 0.29) is 12.3 Å². The van der Waals surface area contributed by atoms with Crippen LogP contribution >= 0.6 is 0 Å². The Kier molecular flexibility index (Phi) is 4.78. The predicted molar refractivity (Wildman–Crippen MR) is 85.4 cm³/mol. The summed E-state index contributed by atoms with van der Waals surface area (Å²) in [5, 5.41) is 2.93.